The highest BCUT2D eigenvalue weighted by Gasteiger charge is 2.39. The third-order valence-electron chi connectivity index (χ3n) is 2.88. The van der Waals surface area contributed by atoms with Crippen LogP contribution in [0.25, 0.3) is 10.8 Å². The van der Waals surface area contributed by atoms with Crippen molar-refractivity contribution in [2.24, 2.45) is 0 Å². The number of carbonyl (C=O) groups is 1. The third kappa shape index (κ3) is 3.05. The Morgan fingerprint density at radius 3 is 2.37 bits per heavy atom. The monoisotopic (exact) mass is 267 g/mol. The van der Waals surface area contributed by atoms with Crippen molar-refractivity contribution >= 4 is 16.7 Å². The van der Waals surface area contributed by atoms with Crippen molar-refractivity contribution in [1.82, 2.24) is 5.32 Å². The molecule has 0 heterocycles. The molecule has 0 aliphatic carbocycles. The molecule has 2 rings (SSSR count). The lowest BCUT2D eigenvalue weighted by Gasteiger charge is -2.16. The standard InChI is InChI=1S/C14H12F3NO/c1-9(18-13(19)14(15,16)17)11-7-6-10-4-2-3-5-12(10)8-11/h2-9H,1H3,(H,18,19)/t9-/m1/s1. The first-order valence-corrected chi connectivity index (χ1v) is 5.74. The SMILES string of the molecule is C[C@@H](NC(=O)C(F)(F)F)c1ccc2ccccc2c1. The number of alkyl halides is 3. The zero-order valence-corrected chi connectivity index (χ0v) is 10.2. The van der Waals surface area contributed by atoms with Crippen LogP contribution in [-0.2, 0) is 4.79 Å². The molecule has 2 aromatic carbocycles. The maximum Gasteiger partial charge on any atom is 0.471 e. The Balaban J connectivity index is 2.22. The average Bonchev–Trinajstić information content (AvgIpc) is 2.37. The zero-order chi connectivity index (χ0) is 14.0. The number of hydrogen-bond acceptors (Lipinski definition) is 1. The van der Waals surface area contributed by atoms with Gasteiger partial charge >= 0.3 is 12.1 Å². The molecule has 2 aromatic rings. The molecule has 0 bridgehead atoms. The van der Waals surface area contributed by atoms with Gasteiger partial charge in [-0.15, -0.1) is 0 Å². The van der Waals surface area contributed by atoms with Crippen molar-refractivity contribution in [3.05, 3.63) is 48.0 Å². The number of benzene rings is 2. The van der Waals surface area contributed by atoms with Crippen LogP contribution in [0, 0.1) is 0 Å². The van der Waals surface area contributed by atoms with Crippen LogP contribution in [0.4, 0.5) is 13.2 Å². The summed E-state index contributed by atoms with van der Waals surface area (Å²) in [5.41, 5.74) is 0.635. The van der Waals surface area contributed by atoms with E-state index in [1.807, 2.05) is 35.6 Å². The summed E-state index contributed by atoms with van der Waals surface area (Å²) in [6.07, 6.45) is -4.86. The molecule has 0 aromatic heterocycles. The molecule has 19 heavy (non-hydrogen) atoms. The van der Waals surface area contributed by atoms with E-state index >= 15 is 0 Å². The van der Waals surface area contributed by atoms with E-state index in [2.05, 4.69) is 0 Å². The fourth-order valence-electron chi connectivity index (χ4n) is 1.84. The van der Waals surface area contributed by atoms with Crippen LogP contribution in [-0.4, -0.2) is 12.1 Å². The number of rotatable bonds is 2. The van der Waals surface area contributed by atoms with Crippen LogP contribution < -0.4 is 5.32 Å². The lowest BCUT2D eigenvalue weighted by atomic mass is 10.0. The Morgan fingerprint density at radius 2 is 1.74 bits per heavy atom. The minimum absolute atomic E-state index is 0.635. The van der Waals surface area contributed by atoms with Gasteiger partial charge in [-0.05, 0) is 29.3 Å². The molecule has 100 valence electrons. The van der Waals surface area contributed by atoms with Gasteiger partial charge in [-0.2, -0.15) is 13.2 Å². The zero-order valence-electron chi connectivity index (χ0n) is 10.2. The molecule has 0 spiro atoms. The van der Waals surface area contributed by atoms with Crippen molar-refractivity contribution in [3.8, 4) is 0 Å². The van der Waals surface area contributed by atoms with Crippen LogP contribution in [0.15, 0.2) is 42.5 Å². The van der Waals surface area contributed by atoms with E-state index in [4.69, 9.17) is 0 Å². The molecular formula is C14H12F3NO. The van der Waals surface area contributed by atoms with Gasteiger partial charge in [0.2, 0.25) is 0 Å². The number of fused-ring (bicyclic) bond motifs is 1. The second kappa shape index (κ2) is 4.91. The van der Waals surface area contributed by atoms with Crippen LogP contribution in [0.1, 0.15) is 18.5 Å². The summed E-state index contributed by atoms with van der Waals surface area (Å²) in [6, 6.07) is 12.1. The van der Waals surface area contributed by atoms with Gasteiger partial charge in [0.1, 0.15) is 0 Å². The highest BCUT2D eigenvalue weighted by molar-refractivity contribution is 5.84. The second-order valence-electron chi connectivity index (χ2n) is 4.30. The first-order valence-electron chi connectivity index (χ1n) is 5.74. The Kier molecular flexibility index (Phi) is 3.46. The van der Waals surface area contributed by atoms with Gasteiger partial charge in [-0.1, -0.05) is 36.4 Å². The Morgan fingerprint density at radius 1 is 1.11 bits per heavy atom. The molecule has 1 atom stereocenters. The van der Waals surface area contributed by atoms with Gasteiger partial charge in [0, 0.05) is 0 Å². The van der Waals surface area contributed by atoms with Gasteiger partial charge in [0.25, 0.3) is 0 Å². The number of halogens is 3. The summed E-state index contributed by atoms with van der Waals surface area (Å²) in [6.45, 7) is 1.52. The summed E-state index contributed by atoms with van der Waals surface area (Å²) in [7, 11) is 0. The van der Waals surface area contributed by atoms with E-state index in [0.717, 1.165) is 10.8 Å². The van der Waals surface area contributed by atoms with E-state index in [1.54, 1.807) is 12.1 Å². The Hall–Kier alpha value is -2.04. The molecule has 0 aliphatic rings. The summed E-state index contributed by atoms with van der Waals surface area (Å²) in [5.74, 6) is -1.92. The first kappa shape index (κ1) is 13.4. The van der Waals surface area contributed by atoms with Gasteiger partial charge in [0.05, 0.1) is 6.04 Å². The van der Waals surface area contributed by atoms with E-state index in [1.165, 1.54) is 6.92 Å². The Labute approximate surface area is 108 Å². The molecular weight excluding hydrogens is 255 g/mol. The number of carbonyl (C=O) groups excluding carboxylic acids is 1. The fraction of sp³-hybridized carbons (Fsp3) is 0.214. The van der Waals surface area contributed by atoms with E-state index < -0.39 is 18.1 Å². The van der Waals surface area contributed by atoms with E-state index in [-0.39, 0.29) is 0 Å². The first-order chi connectivity index (χ1) is 8.88. The highest BCUT2D eigenvalue weighted by Crippen LogP contribution is 2.22. The second-order valence-corrected chi connectivity index (χ2v) is 4.30. The molecule has 0 fully saturated rings. The largest absolute Gasteiger partial charge is 0.471 e. The molecule has 2 nitrogen and oxygen atoms in total. The third-order valence-corrected chi connectivity index (χ3v) is 2.88. The maximum atomic E-state index is 12.2. The molecule has 0 saturated heterocycles. The summed E-state index contributed by atoms with van der Waals surface area (Å²) in [5, 5.41) is 3.86. The predicted octanol–water partition coefficient (Wildman–Crippen LogP) is 3.58. The lowest BCUT2D eigenvalue weighted by Crippen LogP contribution is -2.38. The van der Waals surface area contributed by atoms with Gasteiger partial charge in [-0.3, -0.25) is 4.79 Å². The summed E-state index contributed by atoms with van der Waals surface area (Å²) < 4.78 is 36.5. The fourth-order valence-corrected chi connectivity index (χ4v) is 1.84. The predicted molar refractivity (Wildman–Crippen MR) is 66.6 cm³/mol. The van der Waals surface area contributed by atoms with Crippen molar-refractivity contribution in [3.63, 3.8) is 0 Å². The minimum atomic E-state index is -4.86. The minimum Gasteiger partial charge on any atom is -0.342 e. The topological polar surface area (TPSA) is 29.1 Å². The van der Waals surface area contributed by atoms with Crippen LogP contribution in [0.3, 0.4) is 0 Å². The number of hydrogen-bond donors (Lipinski definition) is 1. The van der Waals surface area contributed by atoms with Gasteiger partial charge in [0.15, 0.2) is 0 Å². The maximum absolute atomic E-state index is 12.2. The number of amides is 1. The van der Waals surface area contributed by atoms with Gasteiger partial charge < -0.3 is 5.32 Å². The molecule has 1 amide bonds. The quantitative estimate of drug-likeness (QED) is 0.885. The smallest absolute Gasteiger partial charge is 0.342 e. The number of nitrogens with one attached hydrogen (secondary N) is 1. The molecule has 0 radical (unpaired) electrons. The van der Waals surface area contributed by atoms with Crippen molar-refractivity contribution in [2.45, 2.75) is 19.1 Å². The average molecular weight is 267 g/mol. The Bertz CT molecular complexity index is 607. The van der Waals surface area contributed by atoms with E-state index in [9.17, 15) is 18.0 Å². The van der Waals surface area contributed by atoms with Crippen LogP contribution in [0.5, 0.6) is 0 Å². The highest BCUT2D eigenvalue weighted by atomic mass is 19.4. The molecule has 0 unspecified atom stereocenters. The molecule has 1 N–H and O–H groups in total. The van der Waals surface area contributed by atoms with Crippen LogP contribution >= 0.6 is 0 Å². The lowest BCUT2D eigenvalue weighted by molar-refractivity contribution is -0.174. The molecule has 0 saturated carbocycles. The molecule has 0 aliphatic heterocycles. The van der Waals surface area contributed by atoms with E-state index in [0.29, 0.717) is 5.56 Å². The van der Waals surface area contributed by atoms with Crippen molar-refractivity contribution in [2.75, 3.05) is 0 Å². The van der Waals surface area contributed by atoms with Crippen LogP contribution in [0.2, 0.25) is 0 Å². The summed E-state index contributed by atoms with van der Waals surface area (Å²) >= 11 is 0. The van der Waals surface area contributed by atoms with Crippen molar-refractivity contribution in [1.29, 1.82) is 0 Å². The van der Waals surface area contributed by atoms with Crippen molar-refractivity contribution < 1.29 is 18.0 Å². The molecule has 5 heteroatoms. The normalized spacial score (nSPS) is 13.3. The van der Waals surface area contributed by atoms with Gasteiger partial charge in [-0.25, -0.2) is 0 Å². The summed E-state index contributed by atoms with van der Waals surface area (Å²) in [4.78, 5) is 10.9.